The van der Waals surface area contributed by atoms with Gasteiger partial charge in [-0.2, -0.15) is 0 Å². The second-order valence-electron chi connectivity index (χ2n) is 12.6. The normalized spacial score (nSPS) is 16.5. The first-order chi connectivity index (χ1) is 21.6. The number of carbonyl (C=O) groups excluding carboxylic acids is 2. The van der Waals surface area contributed by atoms with Gasteiger partial charge in [-0.1, -0.05) is 23.7 Å². The van der Waals surface area contributed by atoms with Crippen LogP contribution in [0.2, 0.25) is 5.02 Å². The second-order valence-corrected chi connectivity index (χ2v) is 13.0. The molecule has 0 spiro atoms. The van der Waals surface area contributed by atoms with E-state index in [0.717, 1.165) is 46.3 Å². The zero-order valence-corrected chi connectivity index (χ0v) is 26.2. The number of alkyl carbamates (subject to hydrolysis) is 1. The highest BCUT2D eigenvalue weighted by Crippen LogP contribution is 2.38. The fourth-order valence-electron chi connectivity index (χ4n) is 6.28. The molecule has 2 amide bonds. The number of aromatic nitrogens is 5. The number of amides is 2. The third-order valence-corrected chi connectivity index (χ3v) is 8.42. The molecule has 1 fully saturated rings. The van der Waals surface area contributed by atoms with Crippen LogP contribution in [0.15, 0.2) is 55.1 Å². The molecule has 5 aromatic rings. The summed E-state index contributed by atoms with van der Waals surface area (Å²) in [7, 11) is 0. The highest BCUT2D eigenvalue weighted by molar-refractivity contribution is 6.35. The lowest BCUT2D eigenvalue weighted by molar-refractivity contribution is 0.0452. The summed E-state index contributed by atoms with van der Waals surface area (Å²) in [6, 6.07) is 11.4. The maximum Gasteiger partial charge on any atom is 0.407 e. The molecular weight excluding hydrogens is 594 g/mol. The van der Waals surface area contributed by atoms with Crippen LogP contribution in [0, 0.1) is 0 Å². The Morgan fingerprint density at radius 2 is 1.93 bits per heavy atom. The number of piperidine rings is 1. The fourth-order valence-corrected chi connectivity index (χ4v) is 6.57. The fraction of sp³-hybridized carbons (Fsp3) is 0.364. The van der Waals surface area contributed by atoms with Crippen molar-refractivity contribution in [3.63, 3.8) is 0 Å². The van der Waals surface area contributed by atoms with E-state index >= 15 is 0 Å². The SMILES string of the molecule is CC(C)(C)OC(=O)N[C@@H]1CCCN(C(=O)c2cc3c4c(c2)nc(-c2cc5cccc(Cl)c5n2Cc2cncnc2)n4CCO3)C1. The Morgan fingerprint density at radius 3 is 2.73 bits per heavy atom. The van der Waals surface area contributed by atoms with Gasteiger partial charge in [0, 0.05) is 48.0 Å². The van der Waals surface area contributed by atoms with Gasteiger partial charge in [0.05, 0.1) is 34.8 Å². The molecule has 7 rings (SSSR count). The van der Waals surface area contributed by atoms with Crippen molar-refractivity contribution in [1.29, 1.82) is 0 Å². The van der Waals surface area contributed by atoms with Crippen LogP contribution in [0.3, 0.4) is 0 Å². The Labute approximate surface area is 265 Å². The summed E-state index contributed by atoms with van der Waals surface area (Å²) < 4.78 is 15.8. The molecule has 12 heteroatoms. The van der Waals surface area contributed by atoms with Gasteiger partial charge in [-0.15, -0.1) is 0 Å². The predicted molar refractivity (Wildman–Crippen MR) is 171 cm³/mol. The summed E-state index contributed by atoms with van der Waals surface area (Å²) in [4.78, 5) is 41.5. The van der Waals surface area contributed by atoms with Crippen molar-refractivity contribution < 1.29 is 19.1 Å². The second kappa shape index (κ2) is 11.4. The number of nitrogens with zero attached hydrogens (tertiary/aromatic N) is 6. The molecule has 11 nitrogen and oxygen atoms in total. The number of rotatable bonds is 5. The summed E-state index contributed by atoms with van der Waals surface area (Å²) in [5, 5.41) is 4.56. The van der Waals surface area contributed by atoms with Crippen LogP contribution in [0.25, 0.3) is 33.5 Å². The first-order valence-electron chi connectivity index (χ1n) is 15.1. The molecule has 2 aliphatic rings. The van der Waals surface area contributed by atoms with E-state index in [9.17, 15) is 9.59 Å². The Kier molecular flexibility index (Phi) is 7.35. The lowest BCUT2D eigenvalue weighted by atomic mass is 10.0. The minimum atomic E-state index is -0.593. The van der Waals surface area contributed by atoms with Gasteiger partial charge < -0.3 is 28.8 Å². The van der Waals surface area contributed by atoms with E-state index in [4.69, 9.17) is 26.1 Å². The van der Waals surface area contributed by atoms with Gasteiger partial charge >= 0.3 is 6.09 Å². The van der Waals surface area contributed by atoms with Gasteiger partial charge in [-0.3, -0.25) is 4.79 Å². The average molecular weight is 628 g/mol. The van der Waals surface area contributed by atoms with Gasteiger partial charge in [-0.05, 0) is 57.9 Å². The number of likely N-dealkylation sites (tertiary alicyclic amines) is 1. The van der Waals surface area contributed by atoms with Gasteiger partial charge in [0.2, 0.25) is 0 Å². The largest absolute Gasteiger partial charge is 0.489 e. The minimum Gasteiger partial charge on any atom is -0.489 e. The summed E-state index contributed by atoms with van der Waals surface area (Å²) in [6.07, 6.45) is 6.18. The lowest BCUT2D eigenvalue weighted by Gasteiger charge is -2.33. The van der Waals surface area contributed by atoms with Crippen LogP contribution >= 0.6 is 11.6 Å². The number of benzene rings is 2. The predicted octanol–water partition coefficient (Wildman–Crippen LogP) is 5.67. The van der Waals surface area contributed by atoms with E-state index in [2.05, 4.69) is 30.5 Å². The Hall–Kier alpha value is -4.64. The van der Waals surface area contributed by atoms with E-state index in [1.807, 2.05) is 51.1 Å². The van der Waals surface area contributed by atoms with Gasteiger partial charge in [0.25, 0.3) is 5.91 Å². The van der Waals surface area contributed by atoms with Crippen LogP contribution < -0.4 is 10.1 Å². The number of carbonyl (C=O) groups is 2. The van der Waals surface area contributed by atoms with Crippen molar-refractivity contribution in [3.8, 4) is 17.3 Å². The molecule has 1 atom stereocenters. The number of para-hydroxylation sites is 1. The quantitative estimate of drug-likeness (QED) is 0.267. The molecule has 0 saturated carbocycles. The standard InChI is InChI=1S/C33H34ClN7O4/c1-33(2,3)45-32(43)37-23-7-5-9-39(18-23)31(42)22-12-25-29-27(14-22)44-11-10-40(29)30(38-25)26-13-21-6-4-8-24(34)28(21)41(26)17-20-15-35-19-36-16-20/h4,6,8,12-16,19,23H,5,7,9-11,17-18H2,1-3H3,(H,37,43)/t23-/m1/s1. The monoisotopic (exact) mass is 627 g/mol. The molecule has 2 aliphatic heterocycles. The molecule has 3 aromatic heterocycles. The third kappa shape index (κ3) is 5.68. The van der Waals surface area contributed by atoms with Crippen molar-refractivity contribution in [2.45, 2.75) is 58.3 Å². The van der Waals surface area contributed by atoms with E-state index in [0.29, 0.717) is 54.6 Å². The topological polar surface area (TPSA) is 116 Å². The smallest absolute Gasteiger partial charge is 0.407 e. The van der Waals surface area contributed by atoms with E-state index < -0.39 is 11.7 Å². The molecule has 0 unspecified atom stereocenters. The summed E-state index contributed by atoms with van der Waals surface area (Å²) in [5.41, 5.74) is 4.16. The Bertz CT molecular complexity index is 1930. The number of halogens is 1. The zero-order chi connectivity index (χ0) is 31.3. The van der Waals surface area contributed by atoms with Gasteiger partial charge in [-0.25, -0.2) is 19.7 Å². The number of hydrogen-bond acceptors (Lipinski definition) is 7. The van der Waals surface area contributed by atoms with Crippen molar-refractivity contribution in [3.05, 3.63) is 71.3 Å². The molecule has 0 bridgehead atoms. The molecular formula is C33H34ClN7O4. The number of ether oxygens (including phenoxy) is 2. The highest BCUT2D eigenvalue weighted by atomic mass is 35.5. The lowest BCUT2D eigenvalue weighted by Crippen LogP contribution is -2.50. The van der Waals surface area contributed by atoms with Crippen LogP contribution in [0.5, 0.6) is 5.75 Å². The first kappa shape index (κ1) is 29.1. The van der Waals surface area contributed by atoms with Crippen LogP contribution in [0.4, 0.5) is 4.79 Å². The molecule has 1 N–H and O–H groups in total. The van der Waals surface area contributed by atoms with E-state index in [1.54, 1.807) is 17.3 Å². The molecule has 2 aromatic carbocycles. The number of nitrogens with one attached hydrogen (secondary N) is 1. The summed E-state index contributed by atoms with van der Waals surface area (Å²) >= 11 is 6.74. The van der Waals surface area contributed by atoms with Crippen LogP contribution in [-0.4, -0.2) is 72.3 Å². The van der Waals surface area contributed by atoms with Crippen LogP contribution in [-0.2, 0) is 17.8 Å². The minimum absolute atomic E-state index is 0.126. The molecule has 45 heavy (non-hydrogen) atoms. The van der Waals surface area contributed by atoms with E-state index in [-0.39, 0.29) is 11.9 Å². The first-order valence-corrected chi connectivity index (χ1v) is 15.5. The van der Waals surface area contributed by atoms with Crippen molar-refractivity contribution >= 4 is 45.5 Å². The maximum absolute atomic E-state index is 13.8. The van der Waals surface area contributed by atoms with E-state index in [1.165, 1.54) is 6.33 Å². The average Bonchev–Trinajstić information content (AvgIpc) is 3.56. The number of imidazole rings is 1. The zero-order valence-electron chi connectivity index (χ0n) is 25.4. The molecule has 5 heterocycles. The molecule has 0 aliphatic carbocycles. The highest BCUT2D eigenvalue weighted by Gasteiger charge is 2.30. The Morgan fingerprint density at radius 1 is 1.11 bits per heavy atom. The molecule has 1 saturated heterocycles. The third-order valence-electron chi connectivity index (χ3n) is 8.11. The summed E-state index contributed by atoms with van der Waals surface area (Å²) in [6.45, 7) is 8.05. The van der Waals surface area contributed by atoms with Crippen LogP contribution in [0.1, 0.15) is 49.5 Å². The number of fused-ring (bicyclic) bond motifs is 1. The van der Waals surface area contributed by atoms with Crippen molar-refractivity contribution in [2.24, 2.45) is 0 Å². The van der Waals surface area contributed by atoms with Gasteiger partial charge in [0.1, 0.15) is 29.8 Å². The number of hydrogen-bond donors (Lipinski definition) is 1. The molecule has 232 valence electrons. The molecule has 0 radical (unpaired) electrons. The van der Waals surface area contributed by atoms with Crippen molar-refractivity contribution in [1.82, 2.24) is 34.3 Å². The summed E-state index contributed by atoms with van der Waals surface area (Å²) in [5.74, 6) is 1.26. The Balaban J connectivity index is 1.24. The van der Waals surface area contributed by atoms with Gasteiger partial charge in [0.15, 0.2) is 5.82 Å². The maximum atomic E-state index is 13.8. The van der Waals surface area contributed by atoms with Crippen molar-refractivity contribution in [2.75, 3.05) is 19.7 Å².